The maximum Gasteiger partial charge on any atom is 0.0992 e. The Balaban J connectivity index is 1.72. The van der Waals surface area contributed by atoms with Crippen LogP contribution in [0.4, 0.5) is 5.69 Å². The Labute approximate surface area is 116 Å². The van der Waals surface area contributed by atoms with Crippen LogP contribution >= 0.6 is 11.6 Å². The van der Waals surface area contributed by atoms with Gasteiger partial charge in [-0.15, -0.1) is 0 Å². The fourth-order valence-electron chi connectivity index (χ4n) is 2.06. The number of imidazole rings is 1. The van der Waals surface area contributed by atoms with Crippen molar-refractivity contribution < 1.29 is 0 Å². The van der Waals surface area contributed by atoms with Gasteiger partial charge < -0.3 is 9.88 Å². The average Bonchev–Trinajstić information content (AvgIpc) is 3.16. The molecule has 0 aliphatic heterocycles. The van der Waals surface area contributed by atoms with E-state index in [0.29, 0.717) is 23.2 Å². The Morgan fingerprint density at radius 3 is 3.00 bits per heavy atom. The monoisotopic (exact) mass is 272 g/mol. The lowest BCUT2D eigenvalue weighted by molar-refractivity contribution is 0.701. The number of anilines is 1. The van der Waals surface area contributed by atoms with Crippen molar-refractivity contribution in [2.45, 2.75) is 25.4 Å². The minimum Gasteiger partial charge on any atom is -0.378 e. The number of nitriles is 1. The first-order chi connectivity index (χ1) is 9.28. The van der Waals surface area contributed by atoms with E-state index in [0.717, 1.165) is 11.4 Å². The predicted octanol–water partition coefficient (Wildman–Crippen LogP) is 3.36. The molecule has 0 unspecified atom stereocenters. The van der Waals surface area contributed by atoms with Crippen LogP contribution < -0.4 is 5.32 Å². The summed E-state index contributed by atoms with van der Waals surface area (Å²) >= 11 is 6.13. The lowest BCUT2D eigenvalue weighted by Crippen LogP contribution is -2.06. The molecule has 0 atom stereocenters. The van der Waals surface area contributed by atoms with Crippen LogP contribution in [0.2, 0.25) is 5.02 Å². The SMILES string of the molecule is N#Cc1ccc(NCc2cncn2C2CC2)c(Cl)c1. The Hall–Kier alpha value is -1.99. The molecule has 19 heavy (non-hydrogen) atoms. The molecular formula is C14H13ClN4. The van der Waals surface area contributed by atoms with Gasteiger partial charge >= 0.3 is 0 Å². The van der Waals surface area contributed by atoms with E-state index < -0.39 is 0 Å². The highest BCUT2D eigenvalue weighted by Gasteiger charge is 2.24. The number of hydrogen-bond acceptors (Lipinski definition) is 3. The van der Waals surface area contributed by atoms with Gasteiger partial charge in [-0.2, -0.15) is 5.26 Å². The summed E-state index contributed by atoms with van der Waals surface area (Å²) in [6, 6.07) is 7.95. The molecule has 0 saturated heterocycles. The predicted molar refractivity (Wildman–Crippen MR) is 74.0 cm³/mol. The first-order valence-electron chi connectivity index (χ1n) is 6.22. The second-order valence-corrected chi connectivity index (χ2v) is 5.09. The number of nitrogens with one attached hydrogen (secondary N) is 1. The summed E-state index contributed by atoms with van der Waals surface area (Å²) in [5.41, 5.74) is 2.56. The molecular weight excluding hydrogens is 260 g/mol. The maximum absolute atomic E-state index is 8.80. The van der Waals surface area contributed by atoms with Gasteiger partial charge in [-0.1, -0.05) is 11.6 Å². The van der Waals surface area contributed by atoms with Gasteiger partial charge in [0.25, 0.3) is 0 Å². The molecule has 5 heteroatoms. The Kier molecular flexibility index (Phi) is 3.14. The third-order valence-corrected chi connectivity index (χ3v) is 3.56. The van der Waals surface area contributed by atoms with E-state index in [1.165, 1.54) is 12.8 Å². The molecule has 1 aliphatic rings. The molecule has 1 aromatic heterocycles. The second kappa shape index (κ2) is 4.94. The molecule has 96 valence electrons. The van der Waals surface area contributed by atoms with Crippen LogP contribution in [0.1, 0.15) is 30.1 Å². The van der Waals surface area contributed by atoms with Crippen molar-refractivity contribution in [3.63, 3.8) is 0 Å². The number of halogens is 1. The fourth-order valence-corrected chi connectivity index (χ4v) is 2.31. The smallest absolute Gasteiger partial charge is 0.0992 e. The van der Waals surface area contributed by atoms with Crippen LogP contribution in [-0.2, 0) is 6.54 Å². The zero-order valence-corrected chi connectivity index (χ0v) is 11.1. The number of aromatic nitrogens is 2. The number of rotatable bonds is 4. The van der Waals surface area contributed by atoms with Crippen LogP contribution in [-0.4, -0.2) is 9.55 Å². The van der Waals surface area contributed by atoms with E-state index in [-0.39, 0.29) is 0 Å². The van der Waals surface area contributed by atoms with E-state index in [1.54, 1.807) is 12.1 Å². The number of nitrogens with zero attached hydrogens (tertiary/aromatic N) is 3. The largest absolute Gasteiger partial charge is 0.378 e. The number of hydrogen-bond donors (Lipinski definition) is 1. The summed E-state index contributed by atoms with van der Waals surface area (Å²) in [7, 11) is 0. The molecule has 3 rings (SSSR count). The summed E-state index contributed by atoms with van der Waals surface area (Å²) in [5.74, 6) is 0. The summed E-state index contributed by atoms with van der Waals surface area (Å²) in [4.78, 5) is 4.19. The van der Waals surface area contributed by atoms with Gasteiger partial charge in [0.15, 0.2) is 0 Å². The van der Waals surface area contributed by atoms with Crippen molar-refractivity contribution in [3.05, 3.63) is 47.0 Å². The second-order valence-electron chi connectivity index (χ2n) is 4.68. The zero-order valence-electron chi connectivity index (χ0n) is 10.3. The van der Waals surface area contributed by atoms with E-state index in [1.807, 2.05) is 18.6 Å². The lowest BCUT2D eigenvalue weighted by atomic mass is 10.2. The van der Waals surface area contributed by atoms with Crippen LogP contribution in [0.25, 0.3) is 0 Å². The Bertz CT molecular complexity index is 637. The standard InChI is InChI=1S/C14H13ClN4/c15-13-5-10(6-16)1-4-14(13)18-8-12-7-17-9-19(12)11-2-3-11/h1,4-5,7,9,11,18H,2-3,8H2. The Morgan fingerprint density at radius 2 is 2.32 bits per heavy atom. The lowest BCUT2D eigenvalue weighted by Gasteiger charge is -2.10. The summed E-state index contributed by atoms with van der Waals surface area (Å²) in [6.07, 6.45) is 6.24. The van der Waals surface area contributed by atoms with Crippen molar-refractivity contribution in [2.24, 2.45) is 0 Å². The molecule has 0 amide bonds. The third-order valence-electron chi connectivity index (χ3n) is 3.24. The topological polar surface area (TPSA) is 53.6 Å². The van der Waals surface area contributed by atoms with Gasteiger partial charge in [-0.25, -0.2) is 4.98 Å². The summed E-state index contributed by atoms with van der Waals surface area (Å²) < 4.78 is 2.21. The zero-order chi connectivity index (χ0) is 13.2. The molecule has 1 N–H and O–H groups in total. The Morgan fingerprint density at radius 1 is 1.47 bits per heavy atom. The van der Waals surface area contributed by atoms with Crippen LogP contribution in [0, 0.1) is 11.3 Å². The van der Waals surface area contributed by atoms with Crippen molar-refractivity contribution in [1.29, 1.82) is 5.26 Å². The molecule has 1 heterocycles. The molecule has 1 aromatic carbocycles. The molecule has 0 spiro atoms. The normalized spacial score (nSPS) is 14.1. The van der Waals surface area contributed by atoms with Gasteiger partial charge in [0.1, 0.15) is 0 Å². The van der Waals surface area contributed by atoms with E-state index >= 15 is 0 Å². The van der Waals surface area contributed by atoms with Crippen molar-refractivity contribution in [1.82, 2.24) is 9.55 Å². The molecule has 0 radical (unpaired) electrons. The minimum absolute atomic E-state index is 0.566. The quantitative estimate of drug-likeness (QED) is 0.928. The van der Waals surface area contributed by atoms with Gasteiger partial charge in [0.05, 0.1) is 40.9 Å². The van der Waals surface area contributed by atoms with Gasteiger partial charge in [-0.05, 0) is 31.0 Å². The molecule has 1 saturated carbocycles. The maximum atomic E-state index is 8.80. The van der Waals surface area contributed by atoms with E-state index in [9.17, 15) is 0 Å². The highest BCUT2D eigenvalue weighted by Crippen LogP contribution is 2.35. The van der Waals surface area contributed by atoms with Crippen LogP contribution in [0.5, 0.6) is 0 Å². The molecule has 4 nitrogen and oxygen atoms in total. The van der Waals surface area contributed by atoms with Gasteiger partial charge in [0.2, 0.25) is 0 Å². The summed E-state index contributed by atoms with van der Waals surface area (Å²) in [6.45, 7) is 0.683. The molecule has 2 aromatic rings. The molecule has 1 aliphatic carbocycles. The van der Waals surface area contributed by atoms with Crippen molar-refractivity contribution in [3.8, 4) is 6.07 Å². The highest BCUT2D eigenvalue weighted by atomic mass is 35.5. The van der Waals surface area contributed by atoms with Crippen molar-refractivity contribution >= 4 is 17.3 Å². The molecule has 1 fully saturated rings. The minimum atomic E-state index is 0.566. The van der Waals surface area contributed by atoms with Crippen molar-refractivity contribution in [2.75, 3.05) is 5.32 Å². The van der Waals surface area contributed by atoms with E-state index in [4.69, 9.17) is 16.9 Å². The highest BCUT2D eigenvalue weighted by molar-refractivity contribution is 6.33. The number of benzene rings is 1. The van der Waals surface area contributed by atoms with Crippen LogP contribution in [0.15, 0.2) is 30.7 Å². The fraction of sp³-hybridized carbons (Fsp3) is 0.286. The van der Waals surface area contributed by atoms with E-state index in [2.05, 4.69) is 20.9 Å². The average molecular weight is 273 g/mol. The van der Waals surface area contributed by atoms with Crippen LogP contribution in [0.3, 0.4) is 0 Å². The first kappa shape index (κ1) is 12.1. The molecule has 0 bridgehead atoms. The van der Waals surface area contributed by atoms with Gasteiger partial charge in [0, 0.05) is 12.2 Å². The van der Waals surface area contributed by atoms with Gasteiger partial charge in [-0.3, -0.25) is 0 Å². The summed E-state index contributed by atoms with van der Waals surface area (Å²) in [5, 5.41) is 12.7. The third kappa shape index (κ3) is 2.56. The first-order valence-corrected chi connectivity index (χ1v) is 6.60.